The Labute approximate surface area is 154 Å². The van der Waals surface area contributed by atoms with Crippen LogP contribution in [0.25, 0.3) is 11.3 Å². The van der Waals surface area contributed by atoms with E-state index in [1.165, 1.54) is 6.92 Å². The molecule has 2 heterocycles. The van der Waals surface area contributed by atoms with Gasteiger partial charge in [0.1, 0.15) is 0 Å². The molecule has 1 aromatic heterocycles. The number of aromatic nitrogens is 1. The van der Waals surface area contributed by atoms with E-state index in [0.717, 1.165) is 30.7 Å². The molecule has 5 nitrogen and oxygen atoms in total. The van der Waals surface area contributed by atoms with Crippen LogP contribution in [-0.2, 0) is 4.74 Å². The smallest absolute Gasteiger partial charge is 0.253 e. The second-order valence-electron chi connectivity index (χ2n) is 6.54. The largest absolute Gasteiger partial charge is 0.376 e. The maximum Gasteiger partial charge on any atom is 0.253 e. The minimum Gasteiger partial charge on any atom is -0.376 e. The molecule has 1 unspecified atom stereocenters. The number of carbonyl (C=O) groups is 2. The maximum absolute atomic E-state index is 12.7. The van der Waals surface area contributed by atoms with E-state index < -0.39 is 0 Å². The molecule has 3 rings (SSSR count). The fourth-order valence-electron chi connectivity index (χ4n) is 3.13. The molecule has 1 aliphatic heterocycles. The van der Waals surface area contributed by atoms with E-state index in [9.17, 15) is 9.59 Å². The van der Waals surface area contributed by atoms with E-state index >= 15 is 0 Å². The van der Waals surface area contributed by atoms with Crippen LogP contribution in [0.2, 0.25) is 0 Å². The lowest BCUT2D eigenvalue weighted by atomic mass is 10.1. The van der Waals surface area contributed by atoms with Crippen molar-refractivity contribution in [2.45, 2.75) is 32.8 Å². The first kappa shape index (κ1) is 18.3. The topological polar surface area (TPSA) is 59.5 Å². The summed E-state index contributed by atoms with van der Waals surface area (Å²) < 4.78 is 5.65. The Morgan fingerprint density at radius 2 is 1.88 bits per heavy atom. The van der Waals surface area contributed by atoms with Gasteiger partial charge in [-0.2, -0.15) is 0 Å². The molecule has 2 aromatic rings. The van der Waals surface area contributed by atoms with Gasteiger partial charge in [0.25, 0.3) is 5.91 Å². The van der Waals surface area contributed by atoms with Crippen molar-refractivity contribution in [3.8, 4) is 11.3 Å². The van der Waals surface area contributed by atoms with E-state index in [-0.39, 0.29) is 17.8 Å². The average molecular weight is 352 g/mol. The monoisotopic (exact) mass is 352 g/mol. The number of hydrogen-bond donors (Lipinski definition) is 0. The van der Waals surface area contributed by atoms with Gasteiger partial charge in [-0.1, -0.05) is 12.1 Å². The zero-order valence-corrected chi connectivity index (χ0v) is 15.3. The predicted molar refractivity (Wildman–Crippen MR) is 100 cm³/mol. The molecule has 1 atom stereocenters. The number of Topliss-reactive ketones (excluding diaryl/α,β-unsaturated/α-hetero) is 1. The zero-order chi connectivity index (χ0) is 18.5. The number of amides is 1. The third kappa shape index (κ3) is 4.17. The van der Waals surface area contributed by atoms with Crippen LogP contribution in [0, 0.1) is 0 Å². The van der Waals surface area contributed by atoms with E-state index in [2.05, 4.69) is 4.98 Å². The highest BCUT2D eigenvalue weighted by Gasteiger charge is 2.22. The van der Waals surface area contributed by atoms with Crippen LogP contribution < -0.4 is 0 Å². The van der Waals surface area contributed by atoms with Crippen molar-refractivity contribution in [3.63, 3.8) is 0 Å². The number of carbonyl (C=O) groups excluding carboxylic acids is 2. The van der Waals surface area contributed by atoms with Crippen LogP contribution in [0.4, 0.5) is 0 Å². The fraction of sp³-hybridized carbons (Fsp3) is 0.381. The molecule has 1 aromatic carbocycles. The summed E-state index contributed by atoms with van der Waals surface area (Å²) in [6, 6.07) is 11.0. The SMILES string of the molecule is CCN(CC1CCCO1)C(=O)c1ccc(-c2ccc(C(C)=O)cn2)cc1. The van der Waals surface area contributed by atoms with Crippen molar-refractivity contribution >= 4 is 11.7 Å². The van der Waals surface area contributed by atoms with Crippen molar-refractivity contribution < 1.29 is 14.3 Å². The Hall–Kier alpha value is -2.53. The Kier molecular flexibility index (Phi) is 5.78. The molecule has 0 saturated carbocycles. The summed E-state index contributed by atoms with van der Waals surface area (Å²) in [6.07, 6.45) is 3.82. The molecule has 1 aliphatic rings. The Morgan fingerprint density at radius 1 is 1.15 bits per heavy atom. The lowest BCUT2D eigenvalue weighted by Gasteiger charge is -2.24. The minimum atomic E-state index is -0.00380. The van der Waals surface area contributed by atoms with Gasteiger partial charge in [-0.3, -0.25) is 14.6 Å². The summed E-state index contributed by atoms with van der Waals surface area (Å²) in [5, 5.41) is 0. The van der Waals surface area contributed by atoms with Gasteiger partial charge in [0, 0.05) is 42.6 Å². The second kappa shape index (κ2) is 8.23. The second-order valence-corrected chi connectivity index (χ2v) is 6.54. The molecule has 1 fully saturated rings. The predicted octanol–water partition coefficient (Wildman–Crippen LogP) is 3.59. The van der Waals surface area contributed by atoms with Gasteiger partial charge in [-0.05, 0) is 51.0 Å². The highest BCUT2D eigenvalue weighted by Crippen LogP contribution is 2.20. The minimum absolute atomic E-state index is 0.00380. The lowest BCUT2D eigenvalue weighted by Crippen LogP contribution is -2.37. The number of ketones is 1. The highest BCUT2D eigenvalue weighted by molar-refractivity contribution is 5.95. The van der Waals surface area contributed by atoms with Gasteiger partial charge >= 0.3 is 0 Å². The maximum atomic E-state index is 12.7. The molecule has 1 saturated heterocycles. The van der Waals surface area contributed by atoms with Gasteiger partial charge in [-0.25, -0.2) is 0 Å². The number of benzene rings is 1. The Morgan fingerprint density at radius 3 is 2.42 bits per heavy atom. The molecular formula is C21H24N2O3. The molecule has 136 valence electrons. The van der Waals surface area contributed by atoms with E-state index in [1.807, 2.05) is 42.2 Å². The molecule has 5 heteroatoms. The van der Waals surface area contributed by atoms with Crippen molar-refractivity contribution in [2.75, 3.05) is 19.7 Å². The first-order valence-electron chi connectivity index (χ1n) is 9.06. The number of ether oxygens (including phenoxy) is 1. The third-order valence-electron chi connectivity index (χ3n) is 4.71. The fourth-order valence-corrected chi connectivity index (χ4v) is 3.13. The first-order chi connectivity index (χ1) is 12.6. The first-order valence-corrected chi connectivity index (χ1v) is 9.06. The van der Waals surface area contributed by atoms with Gasteiger partial charge < -0.3 is 9.64 Å². The molecule has 0 N–H and O–H groups in total. The van der Waals surface area contributed by atoms with E-state index in [1.54, 1.807) is 12.3 Å². The summed E-state index contributed by atoms with van der Waals surface area (Å²) in [4.78, 5) is 30.3. The quantitative estimate of drug-likeness (QED) is 0.746. The van der Waals surface area contributed by atoms with E-state index in [4.69, 9.17) is 4.74 Å². The standard InChI is InChI=1S/C21H24N2O3/c1-3-23(14-19-5-4-12-26-19)21(25)17-8-6-16(7-9-17)20-11-10-18(13-22-20)15(2)24/h6-11,13,19H,3-5,12,14H2,1-2H3. The Bertz CT molecular complexity index is 763. The van der Waals surface area contributed by atoms with Crippen LogP contribution in [-0.4, -0.2) is 47.4 Å². The summed E-state index contributed by atoms with van der Waals surface area (Å²) in [6.45, 7) is 5.61. The van der Waals surface area contributed by atoms with E-state index in [0.29, 0.717) is 24.2 Å². The van der Waals surface area contributed by atoms with Crippen LogP contribution in [0.3, 0.4) is 0 Å². The van der Waals surface area contributed by atoms with Gasteiger partial charge in [0.2, 0.25) is 0 Å². The van der Waals surface area contributed by atoms with Crippen molar-refractivity contribution in [1.29, 1.82) is 0 Å². The highest BCUT2D eigenvalue weighted by atomic mass is 16.5. The molecule has 0 spiro atoms. The van der Waals surface area contributed by atoms with Crippen LogP contribution in [0.1, 0.15) is 47.4 Å². The average Bonchev–Trinajstić information content (AvgIpc) is 3.19. The molecule has 1 amide bonds. The molecule has 0 radical (unpaired) electrons. The van der Waals surface area contributed by atoms with Gasteiger partial charge in [-0.15, -0.1) is 0 Å². The number of nitrogens with zero attached hydrogens (tertiary/aromatic N) is 2. The zero-order valence-electron chi connectivity index (χ0n) is 15.3. The number of rotatable bonds is 6. The summed E-state index contributed by atoms with van der Waals surface area (Å²) in [7, 11) is 0. The lowest BCUT2D eigenvalue weighted by molar-refractivity contribution is 0.0539. The summed E-state index contributed by atoms with van der Waals surface area (Å²) in [5.74, 6) is 0.0188. The third-order valence-corrected chi connectivity index (χ3v) is 4.71. The molecule has 26 heavy (non-hydrogen) atoms. The molecular weight excluding hydrogens is 328 g/mol. The normalized spacial score (nSPS) is 16.5. The summed E-state index contributed by atoms with van der Waals surface area (Å²) >= 11 is 0. The van der Waals surface area contributed by atoms with Gasteiger partial charge in [0.05, 0.1) is 11.8 Å². The number of pyridine rings is 1. The molecule has 0 aliphatic carbocycles. The van der Waals surface area contributed by atoms with Gasteiger partial charge in [0.15, 0.2) is 5.78 Å². The Balaban J connectivity index is 1.71. The van der Waals surface area contributed by atoms with Crippen molar-refractivity contribution in [3.05, 3.63) is 53.7 Å². The van der Waals surface area contributed by atoms with Crippen molar-refractivity contribution in [2.24, 2.45) is 0 Å². The molecule has 0 bridgehead atoms. The van der Waals surface area contributed by atoms with Crippen LogP contribution in [0.15, 0.2) is 42.6 Å². The summed E-state index contributed by atoms with van der Waals surface area (Å²) in [5.41, 5.74) is 2.95. The number of hydrogen-bond acceptors (Lipinski definition) is 4. The van der Waals surface area contributed by atoms with Crippen LogP contribution in [0.5, 0.6) is 0 Å². The van der Waals surface area contributed by atoms with Crippen molar-refractivity contribution in [1.82, 2.24) is 9.88 Å². The van der Waals surface area contributed by atoms with Crippen LogP contribution >= 0.6 is 0 Å². The number of likely N-dealkylation sites (N-methyl/N-ethyl adjacent to an activating group) is 1.